The molecule has 8 heteroatoms. The zero-order chi connectivity index (χ0) is 19.1. The molecule has 0 atom stereocenters. The molecule has 2 aromatic carbocycles. The summed E-state index contributed by atoms with van der Waals surface area (Å²) in [5, 5.41) is 13.6. The first-order valence-electron chi connectivity index (χ1n) is 9.07. The van der Waals surface area contributed by atoms with E-state index in [2.05, 4.69) is 26.7 Å². The molecule has 1 aliphatic heterocycles. The minimum Gasteiger partial charge on any atom is -0.493 e. The van der Waals surface area contributed by atoms with Crippen LogP contribution in [0.4, 0.5) is 5.13 Å². The van der Waals surface area contributed by atoms with E-state index >= 15 is 0 Å². The van der Waals surface area contributed by atoms with E-state index in [1.54, 1.807) is 16.8 Å². The normalized spacial score (nSPS) is 12.8. The van der Waals surface area contributed by atoms with E-state index in [0.29, 0.717) is 16.2 Å². The molecule has 0 bridgehead atoms. The lowest BCUT2D eigenvalue weighted by Crippen LogP contribution is -2.11. The van der Waals surface area contributed by atoms with Gasteiger partial charge in [0.1, 0.15) is 11.3 Å². The lowest BCUT2D eigenvalue weighted by atomic mass is 10.1. The standard InChI is InChI=1S/C20H17N5O2S/c1-2-25-17-5-3-14(10-15(17)23-24-25)19(26)22-20-21-16(11-28-20)12-4-6-18-13(9-12)7-8-27-18/h3-6,9-11H,2,7-8H2,1H3,(H,21,22,26). The second kappa shape index (κ2) is 6.72. The van der Waals surface area contributed by atoms with Crippen LogP contribution in [0.3, 0.4) is 0 Å². The van der Waals surface area contributed by atoms with E-state index in [-0.39, 0.29) is 5.91 Å². The maximum absolute atomic E-state index is 12.6. The average Bonchev–Trinajstić information content (AvgIpc) is 3.45. The molecule has 2 aromatic heterocycles. The Hall–Kier alpha value is -3.26. The van der Waals surface area contributed by atoms with Gasteiger partial charge in [-0.25, -0.2) is 9.67 Å². The first-order valence-corrected chi connectivity index (χ1v) is 9.95. The molecule has 0 spiro atoms. The second-order valence-electron chi connectivity index (χ2n) is 6.52. The highest BCUT2D eigenvalue weighted by atomic mass is 32.1. The molecule has 7 nitrogen and oxygen atoms in total. The van der Waals surface area contributed by atoms with E-state index in [1.165, 1.54) is 16.9 Å². The molecular formula is C20H17N5O2S. The number of nitrogens with one attached hydrogen (secondary N) is 1. The number of amides is 1. The number of anilines is 1. The molecule has 28 heavy (non-hydrogen) atoms. The van der Waals surface area contributed by atoms with Gasteiger partial charge in [-0.05, 0) is 48.9 Å². The van der Waals surface area contributed by atoms with Gasteiger partial charge in [-0.15, -0.1) is 16.4 Å². The summed E-state index contributed by atoms with van der Waals surface area (Å²) in [6.45, 7) is 3.47. The lowest BCUT2D eigenvalue weighted by molar-refractivity contribution is 0.102. The Morgan fingerprint density at radius 2 is 2.21 bits per heavy atom. The van der Waals surface area contributed by atoms with Gasteiger partial charge in [0.2, 0.25) is 0 Å². The summed E-state index contributed by atoms with van der Waals surface area (Å²) in [4.78, 5) is 17.2. The van der Waals surface area contributed by atoms with Crippen molar-refractivity contribution in [2.75, 3.05) is 11.9 Å². The molecule has 0 radical (unpaired) electrons. The molecule has 3 heterocycles. The summed E-state index contributed by atoms with van der Waals surface area (Å²) in [5.74, 6) is 0.735. The number of nitrogens with zero attached hydrogens (tertiary/aromatic N) is 4. The first kappa shape index (κ1) is 16.9. The van der Waals surface area contributed by atoms with Gasteiger partial charge in [0, 0.05) is 29.5 Å². The number of fused-ring (bicyclic) bond motifs is 2. The molecule has 140 valence electrons. The Bertz CT molecular complexity index is 1200. The number of benzene rings is 2. The van der Waals surface area contributed by atoms with Crippen LogP contribution in [0.5, 0.6) is 5.75 Å². The largest absolute Gasteiger partial charge is 0.493 e. The zero-order valence-corrected chi connectivity index (χ0v) is 16.0. The van der Waals surface area contributed by atoms with Gasteiger partial charge in [-0.2, -0.15) is 0 Å². The van der Waals surface area contributed by atoms with Gasteiger partial charge >= 0.3 is 0 Å². The number of carbonyl (C=O) groups excluding carboxylic acids is 1. The van der Waals surface area contributed by atoms with Gasteiger partial charge in [0.15, 0.2) is 5.13 Å². The Morgan fingerprint density at radius 3 is 3.11 bits per heavy atom. The third-order valence-electron chi connectivity index (χ3n) is 4.79. The number of aromatic nitrogens is 4. The molecule has 1 amide bonds. The van der Waals surface area contributed by atoms with Crippen molar-refractivity contribution in [2.24, 2.45) is 0 Å². The van der Waals surface area contributed by atoms with E-state index in [1.807, 2.05) is 30.5 Å². The Balaban J connectivity index is 1.36. The van der Waals surface area contributed by atoms with Crippen molar-refractivity contribution in [1.82, 2.24) is 20.0 Å². The van der Waals surface area contributed by atoms with Crippen LogP contribution in [0.15, 0.2) is 41.8 Å². The molecule has 4 aromatic rings. The molecule has 1 N–H and O–H groups in total. The number of hydrogen-bond acceptors (Lipinski definition) is 6. The SMILES string of the molecule is CCn1nnc2cc(C(=O)Nc3nc(-c4ccc5c(c4)CCO5)cs3)ccc21. The quantitative estimate of drug-likeness (QED) is 0.573. The highest BCUT2D eigenvalue weighted by Gasteiger charge is 2.15. The highest BCUT2D eigenvalue weighted by Crippen LogP contribution is 2.32. The fraction of sp³-hybridized carbons (Fsp3) is 0.200. The Morgan fingerprint density at radius 1 is 1.29 bits per heavy atom. The summed E-state index contributed by atoms with van der Waals surface area (Å²) in [7, 11) is 0. The van der Waals surface area contributed by atoms with Gasteiger partial charge < -0.3 is 4.74 Å². The van der Waals surface area contributed by atoms with Crippen LogP contribution in [0.1, 0.15) is 22.8 Å². The van der Waals surface area contributed by atoms with Crippen molar-refractivity contribution in [3.63, 3.8) is 0 Å². The smallest absolute Gasteiger partial charge is 0.257 e. The molecular weight excluding hydrogens is 374 g/mol. The van der Waals surface area contributed by atoms with Crippen LogP contribution in [-0.4, -0.2) is 32.5 Å². The summed E-state index contributed by atoms with van der Waals surface area (Å²) in [6, 6.07) is 11.5. The van der Waals surface area contributed by atoms with Crippen molar-refractivity contribution in [3.05, 3.63) is 52.9 Å². The summed E-state index contributed by atoms with van der Waals surface area (Å²) in [5.41, 5.74) is 5.22. The minimum atomic E-state index is -0.212. The maximum Gasteiger partial charge on any atom is 0.257 e. The van der Waals surface area contributed by atoms with Crippen molar-refractivity contribution < 1.29 is 9.53 Å². The molecule has 0 fully saturated rings. The molecule has 0 saturated carbocycles. The van der Waals surface area contributed by atoms with Crippen LogP contribution in [0, 0.1) is 0 Å². The molecule has 0 unspecified atom stereocenters. The minimum absolute atomic E-state index is 0.212. The number of rotatable bonds is 4. The number of hydrogen-bond donors (Lipinski definition) is 1. The molecule has 0 aliphatic carbocycles. The van der Waals surface area contributed by atoms with Crippen LogP contribution in [-0.2, 0) is 13.0 Å². The second-order valence-corrected chi connectivity index (χ2v) is 7.38. The predicted octanol–water partition coefficient (Wildman–Crippen LogP) is 3.76. The van der Waals surface area contributed by atoms with Gasteiger partial charge in [0.25, 0.3) is 5.91 Å². The van der Waals surface area contributed by atoms with Crippen molar-refractivity contribution in [2.45, 2.75) is 19.9 Å². The Kier molecular flexibility index (Phi) is 4.05. The number of thiazole rings is 1. The first-order chi connectivity index (χ1) is 13.7. The number of aryl methyl sites for hydroxylation is 1. The monoisotopic (exact) mass is 391 g/mol. The van der Waals surface area contributed by atoms with E-state index < -0.39 is 0 Å². The Labute approximate surface area is 165 Å². The fourth-order valence-electron chi connectivity index (χ4n) is 3.33. The van der Waals surface area contributed by atoms with Crippen LogP contribution in [0.25, 0.3) is 22.3 Å². The lowest BCUT2D eigenvalue weighted by Gasteiger charge is -2.03. The average molecular weight is 391 g/mol. The van der Waals surface area contributed by atoms with Gasteiger partial charge in [-0.1, -0.05) is 5.21 Å². The highest BCUT2D eigenvalue weighted by molar-refractivity contribution is 7.14. The van der Waals surface area contributed by atoms with E-state index in [9.17, 15) is 4.79 Å². The van der Waals surface area contributed by atoms with E-state index in [0.717, 1.165) is 42.1 Å². The van der Waals surface area contributed by atoms with Crippen molar-refractivity contribution in [3.8, 4) is 17.0 Å². The topological polar surface area (TPSA) is 81.9 Å². The summed E-state index contributed by atoms with van der Waals surface area (Å²) in [6.07, 6.45) is 0.919. The van der Waals surface area contributed by atoms with Crippen molar-refractivity contribution >= 4 is 33.4 Å². The van der Waals surface area contributed by atoms with Crippen LogP contribution < -0.4 is 10.1 Å². The predicted molar refractivity (Wildman–Crippen MR) is 108 cm³/mol. The van der Waals surface area contributed by atoms with Crippen molar-refractivity contribution in [1.29, 1.82) is 0 Å². The van der Waals surface area contributed by atoms with Gasteiger partial charge in [-0.3, -0.25) is 10.1 Å². The third kappa shape index (κ3) is 2.91. The number of carbonyl (C=O) groups is 1. The zero-order valence-electron chi connectivity index (χ0n) is 15.2. The molecule has 0 saturated heterocycles. The molecule has 1 aliphatic rings. The van der Waals surface area contributed by atoms with E-state index in [4.69, 9.17) is 4.74 Å². The third-order valence-corrected chi connectivity index (χ3v) is 5.54. The number of ether oxygens (including phenoxy) is 1. The maximum atomic E-state index is 12.6. The van der Waals surface area contributed by atoms with Gasteiger partial charge in [0.05, 0.1) is 17.8 Å². The fourth-order valence-corrected chi connectivity index (χ4v) is 4.04. The summed E-state index contributed by atoms with van der Waals surface area (Å²) >= 11 is 1.41. The van der Waals surface area contributed by atoms with Crippen LogP contribution >= 0.6 is 11.3 Å². The summed E-state index contributed by atoms with van der Waals surface area (Å²) < 4.78 is 7.35. The van der Waals surface area contributed by atoms with Crippen LogP contribution in [0.2, 0.25) is 0 Å². The molecule has 5 rings (SSSR count).